The maximum atomic E-state index is 13.9. The van der Waals surface area contributed by atoms with Crippen molar-refractivity contribution in [1.82, 2.24) is 10.3 Å². The van der Waals surface area contributed by atoms with Crippen LogP contribution in [0.3, 0.4) is 0 Å². The van der Waals surface area contributed by atoms with Crippen LogP contribution in [0.15, 0.2) is 48.1 Å². The molecule has 0 aliphatic rings. The number of aromatic nitrogens is 1. The molecular weight excluding hydrogens is 299 g/mol. The Balaban J connectivity index is 1.93. The van der Waals surface area contributed by atoms with Crippen LogP contribution in [0.25, 0.3) is 10.8 Å². The molecule has 0 bridgehead atoms. The van der Waals surface area contributed by atoms with Gasteiger partial charge in [-0.25, -0.2) is 4.39 Å². The van der Waals surface area contributed by atoms with E-state index in [1.165, 1.54) is 17.4 Å². The van der Waals surface area contributed by atoms with Crippen molar-refractivity contribution in [3.63, 3.8) is 0 Å². The van der Waals surface area contributed by atoms with E-state index in [9.17, 15) is 4.39 Å². The fourth-order valence-corrected chi connectivity index (χ4v) is 3.23. The second kappa shape index (κ2) is 6.85. The Morgan fingerprint density at radius 1 is 1.32 bits per heavy atom. The van der Waals surface area contributed by atoms with Crippen LogP contribution in [0.1, 0.15) is 17.4 Å². The van der Waals surface area contributed by atoms with Crippen molar-refractivity contribution in [2.75, 3.05) is 13.6 Å². The first-order chi connectivity index (χ1) is 10.8. The fraction of sp³-hybridized carbons (Fsp3) is 0.235. The van der Waals surface area contributed by atoms with Crippen molar-refractivity contribution in [1.29, 1.82) is 0 Å². The molecule has 2 aromatic heterocycles. The molecule has 114 valence electrons. The SMILES string of the molecule is CNCCC(Oc1cccc2ccncc12)c1sccc1F. The minimum Gasteiger partial charge on any atom is -0.484 e. The minimum absolute atomic E-state index is 0.204. The first-order valence-electron chi connectivity index (χ1n) is 7.16. The van der Waals surface area contributed by atoms with E-state index in [-0.39, 0.29) is 11.9 Å². The smallest absolute Gasteiger partial charge is 0.140 e. The molecule has 0 aliphatic heterocycles. The van der Waals surface area contributed by atoms with Crippen LogP contribution in [0.4, 0.5) is 4.39 Å². The Kier molecular flexibility index (Phi) is 4.65. The molecule has 2 heterocycles. The maximum Gasteiger partial charge on any atom is 0.140 e. The van der Waals surface area contributed by atoms with Crippen LogP contribution in [-0.4, -0.2) is 18.6 Å². The van der Waals surface area contributed by atoms with Gasteiger partial charge >= 0.3 is 0 Å². The quantitative estimate of drug-likeness (QED) is 0.741. The van der Waals surface area contributed by atoms with Gasteiger partial charge in [0, 0.05) is 24.2 Å². The van der Waals surface area contributed by atoms with Crippen molar-refractivity contribution in [3.8, 4) is 5.75 Å². The van der Waals surface area contributed by atoms with Gasteiger partial charge < -0.3 is 10.1 Å². The Hall–Kier alpha value is -1.98. The summed E-state index contributed by atoms with van der Waals surface area (Å²) in [5, 5.41) is 6.85. The van der Waals surface area contributed by atoms with Crippen LogP contribution in [0, 0.1) is 5.82 Å². The molecule has 3 rings (SSSR count). The zero-order chi connectivity index (χ0) is 15.4. The molecule has 0 radical (unpaired) electrons. The summed E-state index contributed by atoms with van der Waals surface area (Å²) in [5.74, 6) is 0.531. The lowest BCUT2D eigenvalue weighted by Gasteiger charge is -2.19. The molecular formula is C17H17FN2OS. The van der Waals surface area contributed by atoms with Gasteiger partial charge in [0.2, 0.25) is 0 Å². The Labute approximate surface area is 132 Å². The molecule has 3 nitrogen and oxygen atoms in total. The highest BCUT2D eigenvalue weighted by molar-refractivity contribution is 7.10. The van der Waals surface area contributed by atoms with Gasteiger partial charge in [0.1, 0.15) is 17.7 Å². The first kappa shape index (κ1) is 14.9. The molecule has 0 amide bonds. The molecule has 1 atom stereocenters. The third kappa shape index (κ3) is 3.10. The number of fused-ring (bicyclic) bond motifs is 1. The van der Waals surface area contributed by atoms with Gasteiger partial charge in [0.25, 0.3) is 0 Å². The van der Waals surface area contributed by atoms with Crippen molar-refractivity contribution in [2.45, 2.75) is 12.5 Å². The molecule has 1 aromatic carbocycles. The molecule has 0 aliphatic carbocycles. The van der Waals surface area contributed by atoms with E-state index in [1.807, 2.05) is 31.3 Å². The molecule has 0 saturated carbocycles. The van der Waals surface area contributed by atoms with Gasteiger partial charge in [0.05, 0.1) is 4.88 Å². The summed E-state index contributed by atoms with van der Waals surface area (Å²) >= 11 is 1.39. The largest absolute Gasteiger partial charge is 0.484 e. The van der Waals surface area contributed by atoms with E-state index >= 15 is 0 Å². The lowest BCUT2D eigenvalue weighted by atomic mass is 10.1. The number of thiophene rings is 1. The number of pyridine rings is 1. The molecule has 0 fully saturated rings. The van der Waals surface area contributed by atoms with Crippen molar-refractivity contribution < 1.29 is 9.13 Å². The molecule has 3 aromatic rings. The number of ether oxygens (including phenoxy) is 1. The second-order valence-electron chi connectivity index (χ2n) is 4.98. The summed E-state index contributed by atoms with van der Waals surface area (Å²) in [4.78, 5) is 4.79. The number of benzene rings is 1. The topological polar surface area (TPSA) is 34.1 Å². The number of nitrogens with one attached hydrogen (secondary N) is 1. The number of halogens is 1. The maximum absolute atomic E-state index is 13.9. The number of hydrogen-bond acceptors (Lipinski definition) is 4. The molecule has 22 heavy (non-hydrogen) atoms. The van der Waals surface area contributed by atoms with E-state index in [4.69, 9.17) is 4.74 Å². The number of hydrogen-bond donors (Lipinski definition) is 1. The van der Waals surface area contributed by atoms with E-state index in [0.29, 0.717) is 11.3 Å². The standard InChI is InChI=1S/C17H17FN2OS/c1-19-8-6-16(17-14(18)7-10-22-17)21-15-4-2-3-12-5-9-20-11-13(12)15/h2-5,7,9-11,16,19H,6,8H2,1H3. The van der Waals surface area contributed by atoms with Crippen LogP contribution in [0.5, 0.6) is 5.75 Å². The van der Waals surface area contributed by atoms with Gasteiger partial charge in [0.15, 0.2) is 0 Å². The van der Waals surface area contributed by atoms with Gasteiger partial charge in [-0.1, -0.05) is 12.1 Å². The predicted molar refractivity (Wildman–Crippen MR) is 87.9 cm³/mol. The third-order valence-electron chi connectivity index (χ3n) is 3.51. The zero-order valence-corrected chi connectivity index (χ0v) is 13.1. The molecule has 1 N–H and O–H groups in total. The summed E-state index contributed by atoms with van der Waals surface area (Å²) in [6.07, 6.45) is 3.93. The van der Waals surface area contributed by atoms with E-state index in [1.54, 1.807) is 17.8 Å². The van der Waals surface area contributed by atoms with Gasteiger partial charge in [-0.2, -0.15) is 0 Å². The van der Waals surface area contributed by atoms with Crippen molar-refractivity contribution >= 4 is 22.1 Å². The number of rotatable bonds is 6. The molecule has 0 saturated heterocycles. The summed E-state index contributed by atoms with van der Waals surface area (Å²) in [6.45, 7) is 0.755. The minimum atomic E-state index is -0.307. The highest BCUT2D eigenvalue weighted by atomic mass is 32.1. The normalized spacial score (nSPS) is 12.5. The van der Waals surface area contributed by atoms with Gasteiger partial charge in [-0.05, 0) is 42.6 Å². The van der Waals surface area contributed by atoms with Crippen LogP contribution < -0.4 is 10.1 Å². The van der Waals surface area contributed by atoms with Crippen molar-refractivity contribution in [2.24, 2.45) is 0 Å². The monoisotopic (exact) mass is 316 g/mol. The van der Waals surface area contributed by atoms with Gasteiger partial charge in [-0.15, -0.1) is 11.3 Å². The van der Waals surface area contributed by atoms with Gasteiger partial charge in [-0.3, -0.25) is 4.98 Å². The Morgan fingerprint density at radius 3 is 3.00 bits per heavy atom. The average Bonchev–Trinajstić information content (AvgIpc) is 2.97. The molecule has 5 heteroatoms. The van der Waals surface area contributed by atoms with Crippen LogP contribution in [0.2, 0.25) is 0 Å². The number of nitrogens with zero attached hydrogens (tertiary/aromatic N) is 1. The molecule has 0 spiro atoms. The van der Waals surface area contributed by atoms with Crippen LogP contribution >= 0.6 is 11.3 Å². The summed E-state index contributed by atoms with van der Waals surface area (Å²) < 4.78 is 20.1. The van der Waals surface area contributed by atoms with E-state index < -0.39 is 0 Å². The summed E-state index contributed by atoms with van der Waals surface area (Å²) in [7, 11) is 1.88. The highest BCUT2D eigenvalue weighted by Crippen LogP contribution is 2.33. The predicted octanol–water partition coefficient (Wildman–Crippen LogP) is 4.17. The second-order valence-corrected chi connectivity index (χ2v) is 5.93. The molecule has 1 unspecified atom stereocenters. The average molecular weight is 316 g/mol. The lowest BCUT2D eigenvalue weighted by Crippen LogP contribution is -2.16. The van der Waals surface area contributed by atoms with Crippen LogP contribution in [-0.2, 0) is 0 Å². The summed E-state index contributed by atoms with van der Waals surface area (Å²) in [5.41, 5.74) is 0. The summed E-state index contributed by atoms with van der Waals surface area (Å²) in [6, 6.07) is 9.29. The first-order valence-corrected chi connectivity index (χ1v) is 8.04. The Morgan fingerprint density at radius 2 is 2.23 bits per heavy atom. The fourth-order valence-electron chi connectivity index (χ4n) is 2.40. The zero-order valence-electron chi connectivity index (χ0n) is 12.3. The third-order valence-corrected chi connectivity index (χ3v) is 4.49. The lowest BCUT2D eigenvalue weighted by molar-refractivity contribution is 0.197. The van der Waals surface area contributed by atoms with E-state index in [2.05, 4.69) is 10.3 Å². The Bertz CT molecular complexity index is 754. The highest BCUT2D eigenvalue weighted by Gasteiger charge is 2.19. The van der Waals surface area contributed by atoms with Crippen molar-refractivity contribution in [3.05, 3.63) is 58.8 Å². The van der Waals surface area contributed by atoms with E-state index in [0.717, 1.165) is 23.1 Å².